The standard InChI is InChI=1S/C16H25NO/c1-4-12(2)11-15(17-3)14-9-5-7-13-8-6-10-18-16(13)14/h5,7,9,12,15,17H,4,6,8,10-11H2,1-3H3. The Morgan fingerprint density at radius 2 is 2.22 bits per heavy atom. The van der Waals surface area contributed by atoms with Crippen LogP contribution in [-0.4, -0.2) is 13.7 Å². The highest BCUT2D eigenvalue weighted by Crippen LogP contribution is 2.35. The van der Waals surface area contributed by atoms with Gasteiger partial charge in [-0.05, 0) is 37.8 Å². The average molecular weight is 247 g/mol. The molecule has 0 aliphatic carbocycles. The normalized spacial score (nSPS) is 17.7. The van der Waals surface area contributed by atoms with E-state index in [0.717, 1.165) is 31.1 Å². The highest BCUT2D eigenvalue weighted by Gasteiger charge is 2.21. The molecule has 2 nitrogen and oxygen atoms in total. The van der Waals surface area contributed by atoms with Crippen LogP contribution in [0, 0.1) is 5.92 Å². The first-order chi connectivity index (χ1) is 8.76. The fourth-order valence-electron chi connectivity index (χ4n) is 2.66. The van der Waals surface area contributed by atoms with Crippen LogP contribution in [0.4, 0.5) is 0 Å². The monoisotopic (exact) mass is 247 g/mol. The van der Waals surface area contributed by atoms with E-state index in [1.807, 2.05) is 0 Å². The van der Waals surface area contributed by atoms with Crippen LogP contribution in [0.1, 0.15) is 50.3 Å². The van der Waals surface area contributed by atoms with E-state index < -0.39 is 0 Å². The summed E-state index contributed by atoms with van der Waals surface area (Å²) in [5.41, 5.74) is 2.72. The van der Waals surface area contributed by atoms with Gasteiger partial charge >= 0.3 is 0 Å². The van der Waals surface area contributed by atoms with Gasteiger partial charge in [0, 0.05) is 11.6 Å². The summed E-state index contributed by atoms with van der Waals surface area (Å²) in [7, 11) is 2.05. The van der Waals surface area contributed by atoms with Crippen LogP contribution < -0.4 is 10.1 Å². The van der Waals surface area contributed by atoms with Gasteiger partial charge in [-0.25, -0.2) is 0 Å². The molecule has 1 aliphatic rings. The fraction of sp³-hybridized carbons (Fsp3) is 0.625. The van der Waals surface area contributed by atoms with Crippen molar-refractivity contribution in [2.75, 3.05) is 13.7 Å². The Hall–Kier alpha value is -1.02. The number of aryl methyl sites for hydroxylation is 1. The molecule has 1 aromatic rings. The lowest BCUT2D eigenvalue weighted by Gasteiger charge is -2.26. The van der Waals surface area contributed by atoms with E-state index in [0.29, 0.717) is 6.04 Å². The zero-order chi connectivity index (χ0) is 13.0. The van der Waals surface area contributed by atoms with Crippen molar-refractivity contribution < 1.29 is 4.74 Å². The second-order valence-corrected chi connectivity index (χ2v) is 5.38. The van der Waals surface area contributed by atoms with Gasteiger partial charge in [0.15, 0.2) is 0 Å². The maximum atomic E-state index is 5.91. The number of ether oxygens (including phenoxy) is 1. The number of hydrogen-bond donors (Lipinski definition) is 1. The molecule has 0 fully saturated rings. The van der Waals surface area contributed by atoms with Gasteiger partial charge in [0.1, 0.15) is 5.75 Å². The van der Waals surface area contributed by atoms with Crippen molar-refractivity contribution in [1.29, 1.82) is 0 Å². The maximum Gasteiger partial charge on any atom is 0.127 e. The first kappa shape index (κ1) is 13.4. The van der Waals surface area contributed by atoms with Crippen molar-refractivity contribution in [3.63, 3.8) is 0 Å². The Labute approximate surface area is 111 Å². The molecule has 0 saturated heterocycles. The van der Waals surface area contributed by atoms with E-state index >= 15 is 0 Å². The molecular formula is C16H25NO. The number of hydrogen-bond acceptors (Lipinski definition) is 2. The maximum absolute atomic E-state index is 5.91. The lowest BCUT2D eigenvalue weighted by atomic mass is 9.91. The summed E-state index contributed by atoms with van der Waals surface area (Å²) in [4.78, 5) is 0. The molecule has 18 heavy (non-hydrogen) atoms. The summed E-state index contributed by atoms with van der Waals surface area (Å²) in [6.45, 7) is 5.44. The van der Waals surface area contributed by atoms with E-state index in [9.17, 15) is 0 Å². The van der Waals surface area contributed by atoms with Gasteiger partial charge in [-0.2, -0.15) is 0 Å². The zero-order valence-corrected chi connectivity index (χ0v) is 11.8. The molecule has 1 aliphatic heterocycles. The van der Waals surface area contributed by atoms with Gasteiger partial charge < -0.3 is 10.1 Å². The van der Waals surface area contributed by atoms with Crippen molar-refractivity contribution in [3.8, 4) is 5.75 Å². The fourth-order valence-corrected chi connectivity index (χ4v) is 2.66. The molecular weight excluding hydrogens is 222 g/mol. The third-order valence-corrected chi connectivity index (χ3v) is 4.02. The Balaban J connectivity index is 2.24. The summed E-state index contributed by atoms with van der Waals surface area (Å²) in [6.07, 6.45) is 4.70. The molecule has 0 spiro atoms. The minimum atomic E-state index is 0.410. The van der Waals surface area contributed by atoms with Crippen LogP contribution in [-0.2, 0) is 6.42 Å². The summed E-state index contributed by atoms with van der Waals surface area (Å²) in [5, 5.41) is 3.45. The number of nitrogens with one attached hydrogen (secondary N) is 1. The van der Waals surface area contributed by atoms with E-state index in [4.69, 9.17) is 4.74 Å². The summed E-state index contributed by atoms with van der Waals surface area (Å²) < 4.78 is 5.91. The first-order valence-electron chi connectivity index (χ1n) is 7.18. The number of fused-ring (bicyclic) bond motifs is 1. The highest BCUT2D eigenvalue weighted by molar-refractivity contribution is 5.44. The van der Waals surface area contributed by atoms with Crippen LogP contribution in [0.2, 0.25) is 0 Å². The molecule has 0 saturated carbocycles. The summed E-state index contributed by atoms with van der Waals surface area (Å²) >= 11 is 0. The quantitative estimate of drug-likeness (QED) is 0.856. The Morgan fingerprint density at radius 3 is 2.94 bits per heavy atom. The number of rotatable bonds is 5. The third-order valence-electron chi connectivity index (χ3n) is 4.02. The third kappa shape index (κ3) is 2.86. The topological polar surface area (TPSA) is 21.3 Å². The molecule has 1 heterocycles. The smallest absolute Gasteiger partial charge is 0.127 e. The van der Waals surface area contributed by atoms with Gasteiger partial charge in [0.25, 0.3) is 0 Å². The van der Waals surface area contributed by atoms with Crippen molar-refractivity contribution in [3.05, 3.63) is 29.3 Å². The molecule has 1 aromatic carbocycles. The largest absolute Gasteiger partial charge is 0.493 e. The molecule has 2 heteroatoms. The molecule has 2 rings (SSSR count). The Bertz CT molecular complexity index is 389. The van der Waals surface area contributed by atoms with Crippen molar-refractivity contribution >= 4 is 0 Å². The second kappa shape index (κ2) is 6.24. The molecule has 2 atom stereocenters. The lowest BCUT2D eigenvalue weighted by Crippen LogP contribution is -2.21. The molecule has 0 aromatic heterocycles. The predicted molar refractivity (Wildman–Crippen MR) is 76.1 cm³/mol. The summed E-state index contributed by atoms with van der Waals surface area (Å²) in [5.74, 6) is 1.88. The molecule has 0 amide bonds. The van der Waals surface area contributed by atoms with E-state index in [1.165, 1.54) is 24.0 Å². The Morgan fingerprint density at radius 1 is 1.39 bits per heavy atom. The van der Waals surface area contributed by atoms with E-state index in [2.05, 4.69) is 44.4 Å². The molecule has 100 valence electrons. The van der Waals surface area contributed by atoms with Gasteiger partial charge in [-0.1, -0.05) is 38.5 Å². The van der Waals surface area contributed by atoms with Gasteiger partial charge in [0.2, 0.25) is 0 Å². The number of para-hydroxylation sites is 1. The minimum absolute atomic E-state index is 0.410. The zero-order valence-electron chi connectivity index (χ0n) is 11.8. The summed E-state index contributed by atoms with van der Waals surface area (Å²) in [6, 6.07) is 7.00. The van der Waals surface area contributed by atoms with Crippen LogP contribution in [0.5, 0.6) is 5.75 Å². The van der Waals surface area contributed by atoms with E-state index in [1.54, 1.807) is 0 Å². The predicted octanol–water partition coefficient (Wildman–Crippen LogP) is 3.71. The van der Waals surface area contributed by atoms with Crippen molar-refractivity contribution in [1.82, 2.24) is 5.32 Å². The molecule has 2 unspecified atom stereocenters. The van der Waals surface area contributed by atoms with Crippen molar-refractivity contribution in [2.45, 2.75) is 45.6 Å². The van der Waals surface area contributed by atoms with Gasteiger partial charge in [-0.15, -0.1) is 0 Å². The lowest BCUT2D eigenvalue weighted by molar-refractivity contribution is 0.279. The SMILES string of the molecule is CCC(C)CC(NC)c1cccc2c1OCCC2. The van der Waals surface area contributed by atoms with Crippen LogP contribution in [0.3, 0.4) is 0 Å². The first-order valence-corrected chi connectivity index (χ1v) is 7.18. The van der Waals surface area contributed by atoms with Crippen LogP contribution in [0.25, 0.3) is 0 Å². The number of benzene rings is 1. The van der Waals surface area contributed by atoms with Gasteiger partial charge in [-0.3, -0.25) is 0 Å². The second-order valence-electron chi connectivity index (χ2n) is 5.38. The average Bonchev–Trinajstić information content (AvgIpc) is 2.44. The molecule has 1 N–H and O–H groups in total. The molecule has 0 bridgehead atoms. The van der Waals surface area contributed by atoms with Crippen LogP contribution >= 0.6 is 0 Å². The van der Waals surface area contributed by atoms with E-state index in [-0.39, 0.29) is 0 Å². The van der Waals surface area contributed by atoms with Crippen molar-refractivity contribution in [2.24, 2.45) is 5.92 Å². The minimum Gasteiger partial charge on any atom is -0.493 e. The Kier molecular flexibility index (Phi) is 4.65. The molecule has 0 radical (unpaired) electrons. The van der Waals surface area contributed by atoms with Gasteiger partial charge in [0.05, 0.1) is 6.61 Å². The highest BCUT2D eigenvalue weighted by atomic mass is 16.5. The van der Waals surface area contributed by atoms with Crippen LogP contribution in [0.15, 0.2) is 18.2 Å².